The number of hydrogen-bond acceptors (Lipinski definition) is 2. The van der Waals surface area contributed by atoms with Gasteiger partial charge in [-0.3, -0.25) is 4.90 Å². The van der Waals surface area contributed by atoms with Gasteiger partial charge in [0.25, 0.3) is 0 Å². The van der Waals surface area contributed by atoms with Crippen LogP contribution in [0, 0.1) is 0 Å². The van der Waals surface area contributed by atoms with Gasteiger partial charge >= 0.3 is 0 Å². The Morgan fingerprint density at radius 3 is 2.43 bits per heavy atom. The summed E-state index contributed by atoms with van der Waals surface area (Å²) in [5, 5.41) is 9.34. The number of likely N-dealkylation sites (N-methyl/N-ethyl adjacent to an activating group) is 1. The standard InChI is InChI=1S/C12H21NO/c1-6-7-8-12(10(2)3)9-13(5)11(4)14/h6-8,11,14H,1,9H2,2-5H3/b8-7-. The summed E-state index contributed by atoms with van der Waals surface area (Å²) in [6, 6.07) is 0. The molecule has 0 aliphatic heterocycles. The van der Waals surface area contributed by atoms with Crippen molar-refractivity contribution in [3.8, 4) is 0 Å². The lowest BCUT2D eigenvalue weighted by atomic mass is 10.1. The molecule has 2 nitrogen and oxygen atoms in total. The second-order valence-corrected chi connectivity index (χ2v) is 3.67. The Morgan fingerprint density at radius 2 is 2.07 bits per heavy atom. The van der Waals surface area contributed by atoms with Crippen LogP contribution in [0.5, 0.6) is 0 Å². The summed E-state index contributed by atoms with van der Waals surface area (Å²) in [5.41, 5.74) is 2.48. The van der Waals surface area contributed by atoms with E-state index < -0.39 is 6.23 Å². The molecule has 0 aromatic rings. The molecule has 0 rings (SSSR count). The van der Waals surface area contributed by atoms with E-state index in [4.69, 9.17) is 0 Å². The van der Waals surface area contributed by atoms with E-state index in [1.807, 2.05) is 24.1 Å². The number of aliphatic hydroxyl groups excluding tert-OH is 1. The van der Waals surface area contributed by atoms with E-state index in [0.29, 0.717) is 0 Å². The first kappa shape index (κ1) is 13.1. The van der Waals surface area contributed by atoms with Gasteiger partial charge in [-0.15, -0.1) is 0 Å². The number of rotatable bonds is 5. The lowest BCUT2D eigenvalue weighted by molar-refractivity contribution is 0.0455. The second-order valence-electron chi connectivity index (χ2n) is 3.67. The minimum Gasteiger partial charge on any atom is -0.379 e. The molecule has 0 saturated heterocycles. The molecule has 0 spiro atoms. The summed E-state index contributed by atoms with van der Waals surface area (Å²) < 4.78 is 0. The normalized spacial score (nSPS) is 13.3. The third-order valence-electron chi connectivity index (χ3n) is 2.13. The van der Waals surface area contributed by atoms with Crippen molar-refractivity contribution in [3.63, 3.8) is 0 Å². The zero-order valence-electron chi connectivity index (χ0n) is 9.62. The summed E-state index contributed by atoms with van der Waals surface area (Å²) in [6.07, 6.45) is 5.28. The molecule has 0 aromatic heterocycles. The minimum atomic E-state index is -0.415. The molecule has 1 atom stereocenters. The van der Waals surface area contributed by atoms with Crippen LogP contribution in [0.1, 0.15) is 20.8 Å². The Bertz CT molecular complexity index is 235. The molecule has 1 unspecified atom stereocenters. The highest BCUT2D eigenvalue weighted by molar-refractivity contribution is 5.27. The van der Waals surface area contributed by atoms with Crippen LogP contribution in [-0.2, 0) is 0 Å². The molecule has 0 fully saturated rings. The fourth-order valence-electron chi connectivity index (χ4n) is 0.962. The van der Waals surface area contributed by atoms with Crippen LogP contribution in [-0.4, -0.2) is 29.8 Å². The maximum atomic E-state index is 9.34. The molecule has 2 heteroatoms. The van der Waals surface area contributed by atoms with Crippen molar-refractivity contribution in [1.29, 1.82) is 0 Å². The zero-order valence-corrected chi connectivity index (χ0v) is 9.62. The van der Waals surface area contributed by atoms with E-state index in [1.54, 1.807) is 13.0 Å². The van der Waals surface area contributed by atoms with E-state index in [0.717, 1.165) is 6.54 Å². The summed E-state index contributed by atoms with van der Waals surface area (Å²) in [4.78, 5) is 1.88. The topological polar surface area (TPSA) is 23.5 Å². The third kappa shape index (κ3) is 5.00. The van der Waals surface area contributed by atoms with Gasteiger partial charge in [-0.1, -0.05) is 30.4 Å². The monoisotopic (exact) mass is 195 g/mol. The van der Waals surface area contributed by atoms with Crippen LogP contribution >= 0.6 is 0 Å². The van der Waals surface area contributed by atoms with Gasteiger partial charge in [-0.05, 0) is 33.4 Å². The van der Waals surface area contributed by atoms with Crippen molar-refractivity contribution in [2.75, 3.05) is 13.6 Å². The predicted molar refractivity (Wildman–Crippen MR) is 62.0 cm³/mol. The molecule has 0 aliphatic rings. The maximum Gasteiger partial charge on any atom is 0.104 e. The Morgan fingerprint density at radius 1 is 1.50 bits per heavy atom. The highest BCUT2D eigenvalue weighted by Gasteiger charge is 2.06. The van der Waals surface area contributed by atoms with E-state index >= 15 is 0 Å². The molecular weight excluding hydrogens is 174 g/mol. The molecule has 1 N–H and O–H groups in total. The molecule has 0 radical (unpaired) electrons. The van der Waals surface area contributed by atoms with Gasteiger partial charge in [-0.2, -0.15) is 0 Å². The number of nitrogens with zero attached hydrogens (tertiary/aromatic N) is 1. The first-order valence-electron chi connectivity index (χ1n) is 4.82. The van der Waals surface area contributed by atoms with Crippen molar-refractivity contribution < 1.29 is 5.11 Å². The van der Waals surface area contributed by atoms with Crippen molar-refractivity contribution in [1.82, 2.24) is 4.90 Å². The Hall–Kier alpha value is -0.860. The van der Waals surface area contributed by atoms with Crippen LogP contribution in [0.3, 0.4) is 0 Å². The van der Waals surface area contributed by atoms with E-state index in [9.17, 15) is 5.11 Å². The van der Waals surface area contributed by atoms with E-state index in [2.05, 4.69) is 20.4 Å². The molecule has 0 bridgehead atoms. The molecule has 0 amide bonds. The van der Waals surface area contributed by atoms with Gasteiger partial charge < -0.3 is 5.11 Å². The second kappa shape index (κ2) is 6.57. The van der Waals surface area contributed by atoms with Crippen LogP contribution in [0.2, 0.25) is 0 Å². The van der Waals surface area contributed by atoms with Gasteiger partial charge in [0, 0.05) is 6.54 Å². The summed E-state index contributed by atoms with van der Waals surface area (Å²) in [5.74, 6) is 0. The highest BCUT2D eigenvalue weighted by atomic mass is 16.3. The summed E-state index contributed by atoms with van der Waals surface area (Å²) in [7, 11) is 1.90. The third-order valence-corrected chi connectivity index (χ3v) is 2.13. The van der Waals surface area contributed by atoms with Crippen LogP contribution in [0.4, 0.5) is 0 Å². The molecule has 80 valence electrons. The number of allylic oxidation sites excluding steroid dienone is 3. The highest BCUT2D eigenvalue weighted by Crippen LogP contribution is 2.08. The number of aliphatic hydroxyl groups is 1. The fourth-order valence-corrected chi connectivity index (χ4v) is 0.962. The lowest BCUT2D eigenvalue weighted by Gasteiger charge is -2.21. The minimum absolute atomic E-state index is 0.415. The maximum absolute atomic E-state index is 9.34. The van der Waals surface area contributed by atoms with E-state index in [-0.39, 0.29) is 0 Å². The summed E-state index contributed by atoms with van der Waals surface area (Å²) in [6.45, 7) is 10.3. The molecule has 14 heavy (non-hydrogen) atoms. The van der Waals surface area contributed by atoms with Crippen molar-refractivity contribution >= 4 is 0 Å². The van der Waals surface area contributed by atoms with Gasteiger partial charge in [0.15, 0.2) is 0 Å². The quantitative estimate of drug-likeness (QED) is 0.537. The SMILES string of the molecule is C=C/C=C\C(CN(C)C(C)O)=C(C)C. The van der Waals surface area contributed by atoms with Gasteiger partial charge in [0.05, 0.1) is 0 Å². The molecular formula is C12H21NO. The predicted octanol–water partition coefficient (Wildman–Crippen LogP) is 2.34. The molecule has 0 heterocycles. The first-order chi connectivity index (χ1) is 6.49. The van der Waals surface area contributed by atoms with Crippen molar-refractivity contribution in [2.24, 2.45) is 0 Å². The van der Waals surface area contributed by atoms with Crippen molar-refractivity contribution in [3.05, 3.63) is 36.0 Å². The summed E-state index contributed by atoms with van der Waals surface area (Å²) >= 11 is 0. The zero-order chi connectivity index (χ0) is 11.1. The Balaban J connectivity index is 4.48. The fraction of sp³-hybridized carbons (Fsp3) is 0.500. The Labute approximate surface area is 87.2 Å². The molecule has 0 saturated carbocycles. The number of hydrogen-bond donors (Lipinski definition) is 1. The van der Waals surface area contributed by atoms with E-state index in [1.165, 1.54) is 11.1 Å². The van der Waals surface area contributed by atoms with Gasteiger partial charge in [-0.25, -0.2) is 0 Å². The van der Waals surface area contributed by atoms with Crippen LogP contribution in [0.25, 0.3) is 0 Å². The van der Waals surface area contributed by atoms with Gasteiger partial charge in [0.2, 0.25) is 0 Å². The average Bonchev–Trinajstić information content (AvgIpc) is 2.10. The van der Waals surface area contributed by atoms with Gasteiger partial charge in [0.1, 0.15) is 6.23 Å². The van der Waals surface area contributed by atoms with Crippen LogP contribution in [0.15, 0.2) is 36.0 Å². The average molecular weight is 195 g/mol. The smallest absolute Gasteiger partial charge is 0.104 e. The Kier molecular flexibility index (Phi) is 6.17. The molecule has 0 aromatic carbocycles. The van der Waals surface area contributed by atoms with Crippen LogP contribution < -0.4 is 0 Å². The molecule has 0 aliphatic carbocycles. The van der Waals surface area contributed by atoms with Crippen molar-refractivity contribution in [2.45, 2.75) is 27.0 Å². The largest absolute Gasteiger partial charge is 0.379 e. The lowest BCUT2D eigenvalue weighted by Crippen LogP contribution is -2.30. The first-order valence-corrected chi connectivity index (χ1v) is 4.82.